The van der Waals surface area contributed by atoms with Gasteiger partial charge in [-0.15, -0.1) is 0 Å². The van der Waals surface area contributed by atoms with Crippen molar-refractivity contribution >= 4 is 23.7 Å². The van der Waals surface area contributed by atoms with Crippen molar-refractivity contribution in [1.82, 2.24) is 19.9 Å². The summed E-state index contributed by atoms with van der Waals surface area (Å²) >= 11 is 0. The number of azide groups is 1. The second-order valence-electron chi connectivity index (χ2n) is 9.99. The molecule has 2 aliphatic rings. The molecule has 2 aliphatic heterocycles. The van der Waals surface area contributed by atoms with Crippen LogP contribution < -0.4 is 5.73 Å². The molecule has 4 heterocycles. The van der Waals surface area contributed by atoms with E-state index in [1.807, 2.05) is 13.8 Å². The maximum Gasteiger partial charge on any atom is 0.261 e. The first kappa shape index (κ1) is 36.0. The van der Waals surface area contributed by atoms with Crippen molar-refractivity contribution in [2.75, 3.05) is 19.8 Å². The molecule has 0 spiro atoms. The van der Waals surface area contributed by atoms with Crippen LogP contribution in [0.4, 0.5) is 8.78 Å². The van der Waals surface area contributed by atoms with E-state index in [2.05, 4.69) is 39.9 Å². The zero-order valence-electron chi connectivity index (χ0n) is 25.6. The summed E-state index contributed by atoms with van der Waals surface area (Å²) < 4.78 is 50.0. The number of H-pyrrole nitrogens is 2. The molecule has 0 amide bonds. The highest BCUT2D eigenvalue weighted by Crippen LogP contribution is 2.40. The van der Waals surface area contributed by atoms with Crippen LogP contribution in [0.5, 0.6) is 0 Å². The van der Waals surface area contributed by atoms with Crippen LogP contribution in [-0.4, -0.2) is 104 Å². The second kappa shape index (κ2) is 16.7. The summed E-state index contributed by atoms with van der Waals surface area (Å²) in [6.45, 7) is 7.30. The third-order valence-corrected chi connectivity index (χ3v) is 6.94. The topological polar surface area (TPSA) is 282 Å². The van der Waals surface area contributed by atoms with Crippen molar-refractivity contribution < 1.29 is 37.9 Å². The monoisotopic (exact) mass is 652 g/mol. The van der Waals surface area contributed by atoms with E-state index in [0.29, 0.717) is 5.69 Å². The number of nitrogens with two attached hydrogens (primary N) is 1. The fraction of sp³-hybridized carbons (Fsp3) is 0.615. The van der Waals surface area contributed by atoms with Gasteiger partial charge in [-0.25, -0.2) is 18.7 Å². The summed E-state index contributed by atoms with van der Waals surface area (Å²) in [4.78, 5) is 23.7. The van der Waals surface area contributed by atoms with Gasteiger partial charge in [0.05, 0.1) is 49.7 Å². The van der Waals surface area contributed by atoms with E-state index in [1.54, 1.807) is 13.8 Å². The molecule has 0 aromatic carbocycles. The molecule has 0 radical (unpaired) electrons. The first-order valence-electron chi connectivity index (χ1n) is 14.4. The number of nitrogens with zero attached hydrogens (tertiary/aromatic N) is 7. The van der Waals surface area contributed by atoms with E-state index in [-0.39, 0.29) is 54.4 Å². The molecule has 20 heteroatoms. The smallest absolute Gasteiger partial charge is 0.261 e. The number of aliphatic imine (C=N–C) groups is 2. The van der Waals surface area contributed by atoms with Crippen LogP contribution in [-0.2, 0) is 18.9 Å². The number of rotatable bonds is 8. The molecule has 0 bridgehead atoms. The maximum absolute atomic E-state index is 14.4. The highest BCUT2D eigenvalue weighted by molar-refractivity contribution is 6.00. The van der Waals surface area contributed by atoms with Crippen molar-refractivity contribution in [3.05, 3.63) is 45.9 Å². The van der Waals surface area contributed by atoms with Gasteiger partial charge in [-0.1, -0.05) is 13.8 Å². The van der Waals surface area contributed by atoms with E-state index < -0.39 is 55.3 Å². The lowest BCUT2D eigenvalue weighted by Gasteiger charge is -2.11. The lowest BCUT2D eigenvalue weighted by molar-refractivity contribution is -0.0236. The number of aromatic nitrogens is 4. The van der Waals surface area contributed by atoms with Crippen LogP contribution in [0, 0.1) is 16.7 Å². The van der Waals surface area contributed by atoms with Gasteiger partial charge < -0.3 is 44.9 Å². The SMILES string of the molecule is CCOC(=NC(=N)N)c1ncc([C@@H]2O[C@H](CO)[C@@H](O)[C@H]2F)[nH]1.CCOC(=NC(=N)N=[N+]=[N-])c1ncc([C@@H]2O[C@H](CC)[C@@H](C)[C@H]2F)[nH]1. The van der Waals surface area contributed by atoms with E-state index in [4.69, 9.17) is 46.1 Å². The van der Waals surface area contributed by atoms with Crippen LogP contribution >= 0.6 is 0 Å². The fourth-order valence-corrected chi connectivity index (χ4v) is 4.73. The summed E-state index contributed by atoms with van der Waals surface area (Å²) in [5.74, 6) is -0.858. The first-order chi connectivity index (χ1) is 22.0. The maximum atomic E-state index is 14.4. The molecule has 2 fully saturated rings. The fourth-order valence-electron chi connectivity index (χ4n) is 4.73. The van der Waals surface area contributed by atoms with E-state index in [9.17, 15) is 13.9 Å². The van der Waals surface area contributed by atoms with E-state index >= 15 is 0 Å². The molecular weight excluding hydrogens is 614 g/mol. The normalized spacial score (nSPS) is 27.8. The molecule has 2 saturated heterocycles. The number of aliphatic hydroxyl groups excluding tert-OH is 2. The molecule has 4 rings (SSSR count). The largest absolute Gasteiger partial charge is 0.475 e. The quantitative estimate of drug-likeness (QED) is 0.0724. The van der Waals surface area contributed by atoms with Gasteiger partial charge >= 0.3 is 0 Å². The van der Waals surface area contributed by atoms with Crippen LogP contribution in [0.25, 0.3) is 10.4 Å². The number of aliphatic hydroxyl groups is 2. The molecule has 2 aromatic heterocycles. The zero-order valence-corrected chi connectivity index (χ0v) is 25.6. The van der Waals surface area contributed by atoms with Gasteiger partial charge in [0, 0.05) is 10.8 Å². The molecule has 0 saturated carbocycles. The predicted molar refractivity (Wildman–Crippen MR) is 160 cm³/mol. The number of ether oxygens (including phenoxy) is 4. The van der Waals surface area contributed by atoms with Crippen LogP contribution in [0.15, 0.2) is 27.5 Å². The van der Waals surface area contributed by atoms with E-state index in [0.717, 1.165) is 6.42 Å². The highest BCUT2D eigenvalue weighted by Gasteiger charge is 2.45. The number of aromatic amines is 2. The lowest BCUT2D eigenvalue weighted by Crippen LogP contribution is -2.30. The third kappa shape index (κ3) is 8.61. The molecule has 46 heavy (non-hydrogen) atoms. The Morgan fingerprint density at radius 2 is 1.52 bits per heavy atom. The van der Waals surface area contributed by atoms with Crippen molar-refractivity contribution in [2.24, 2.45) is 26.8 Å². The van der Waals surface area contributed by atoms with Crippen molar-refractivity contribution in [3.63, 3.8) is 0 Å². The molecule has 8 atom stereocenters. The number of hydrogen-bond acceptors (Lipinski definition) is 10. The van der Waals surface area contributed by atoms with Gasteiger partial charge in [0.2, 0.25) is 11.9 Å². The Bertz CT molecular complexity index is 1440. The molecule has 2 aromatic rings. The minimum absolute atomic E-state index is 0.00496. The Morgan fingerprint density at radius 1 is 1.00 bits per heavy atom. The summed E-state index contributed by atoms with van der Waals surface area (Å²) in [5, 5.41) is 36.3. The van der Waals surface area contributed by atoms with Crippen molar-refractivity contribution in [1.29, 1.82) is 10.8 Å². The summed E-state index contributed by atoms with van der Waals surface area (Å²) in [6.07, 6.45) is -3.72. The number of alkyl halides is 2. The first-order valence-corrected chi connectivity index (χ1v) is 14.4. The Balaban J connectivity index is 0.000000251. The number of guanidine groups is 2. The molecule has 18 nitrogen and oxygen atoms in total. The number of hydrogen-bond donors (Lipinski definition) is 7. The van der Waals surface area contributed by atoms with Gasteiger partial charge in [0.25, 0.3) is 11.8 Å². The van der Waals surface area contributed by atoms with Crippen LogP contribution in [0.2, 0.25) is 0 Å². The highest BCUT2D eigenvalue weighted by atomic mass is 19.1. The van der Waals surface area contributed by atoms with Crippen molar-refractivity contribution in [2.45, 2.75) is 77.0 Å². The minimum Gasteiger partial charge on any atom is -0.475 e. The van der Waals surface area contributed by atoms with Gasteiger partial charge in [-0.05, 0) is 30.9 Å². The molecule has 0 aliphatic carbocycles. The average Bonchev–Trinajstić information content (AvgIpc) is 3.81. The summed E-state index contributed by atoms with van der Waals surface area (Å²) in [5.41, 5.74) is 14.3. The van der Waals surface area contributed by atoms with Gasteiger partial charge in [-0.3, -0.25) is 10.8 Å². The second-order valence-corrected chi connectivity index (χ2v) is 9.99. The Kier molecular flexibility index (Phi) is 13.1. The molecular formula is C26H38F2N12O6. The average molecular weight is 653 g/mol. The predicted octanol–water partition coefficient (Wildman–Crippen LogP) is 2.48. The summed E-state index contributed by atoms with van der Waals surface area (Å²) in [6, 6.07) is 0. The minimum atomic E-state index is -1.70. The zero-order chi connectivity index (χ0) is 34.0. The number of imidazole rings is 2. The lowest BCUT2D eigenvalue weighted by atomic mass is 9.97. The molecule has 0 unspecified atom stereocenters. The van der Waals surface area contributed by atoms with Gasteiger partial charge in [-0.2, -0.15) is 9.98 Å². The Hall–Kier alpha value is -4.49. The van der Waals surface area contributed by atoms with Gasteiger partial charge in [0.15, 0.2) is 17.8 Å². The van der Waals surface area contributed by atoms with Crippen LogP contribution in [0.1, 0.15) is 69.4 Å². The third-order valence-electron chi connectivity index (χ3n) is 6.94. The van der Waals surface area contributed by atoms with Crippen molar-refractivity contribution in [3.8, 4) is 0 Å². The van der Waals surface area contributed by atoms with Gasteiger partial charge in [0.1, 0.15) is 30.6 Å². The Labute approximate surface area is 262 Å². The number of halogens is 2. The van der Waals surface area contributed by atoms with Crippen LogP contribution in [0.3, 0.4) is 0 Å². The Morgan fingerprint density at radius 3 is 1.96 bits per heavy atom. The molecule has 252 valence electrons. The van der Waals surface area contributed by atoms with E-state index in [1.165, 1.54) is 12.4 Å². The summed E-state index contributed by atoms with van der Waals surface area (Å²) in [7, 11) is 0. The molecule has 8 N–H and O–H groups in total. The standard InChI is InChI=1S/C14H20FN7O2.C12H18FN5O4/c1-4-9-7(3)10(15)11(24-9)8-6-18-12(19-8)13(23-5-2)20-14(16)21-22-17;1-2-21-11(18-12(14)15)10-16-3-5(17-10)9-7(13)8(20)6(4-19)22-9/h6-7,9-11,16H,4-5H2,1-3H3,(H,18,19);3,6-9,19-20H,2,4H2,1H3,(H3,14,15)(H,16,17)/t7-,9-,10-,11+;6-,7-,8-,9+/m11/s1. The number of nitrogens with one attached hydrogen (secondary N) is 4.